The number of ether oxygens (including phenoxy) is 1. The van der Waals surface area contributed by atoms with Crippen molar-refractivity contribution < 1.29 is 6.16 Å². The van der Waals surface area contributed by atoms with E-state index < -0.39 is 0 Å². The Hall–Kier alpha value is -3.59. The molecule has 4 rings (SSSR count). The van der Waals surface area contributed by atoms with Gasteiger partial charge in [-0.2, -0.15) is 5.10 Å². The van der Waals surface area contributed by atoms with Gasteiger partial charge in [-0.1, -0.05) is 6.07 Å². The number of pyridine rings is 1. The van der Waals surface area contributed by atoms with Crippen LogP contribution in [0.15, 0.2) is 42.6 Å². The second-order valence-corrected chi connectivity index (χ2v) is 7.18. The molecule has 3 heterocycles. The molecule has 0 saturated carbocycles. The van der Waals surface area contributed by atoms with Crippen molar-refractivity contribution in [2.24, 2.45) is 7.05 Å². The summed E-state index contributed by atoms with van der Waals surface area (Å²) in [4.78, 5) is 2.17. The van der Waals surface area contributed by atoms with Crippen LogP contribution in [0.2, 0.25) is 0 Å². The summed E-state index contributed by atoms with van der Waals surface area (Å²) in [5.41, 5.74) is 13.6. The molecule has 0 spiro atoms. The topological polar surface area (TPSA) is 121 Å². The molecule has 1 fully saturated rings. The molecule has 5 N–H and O–H groups in total. The summed E-state index contributed by atoms with van der Waals surface area (Å²) in [6, 6.07) is 11.2. The third-order valence-electron chi connectivity index (χ3n) is 5.30. The lowest BCUT2D eigenvalue weighted by atomic mass is 9.99. The predicted octanol–water partition coefficient (Wildman–Crippen LogP) is 1.62. The first-order valence-corrected chi connectivity index (χ1v) is 9.79. The molecule has 9 nitrogen and oxygen atoms in total. The summed E-state index contributed by atoms with van der Waals surface area (Å²) < 4.78 is 8.77. The summed E-state index contributed by atoms with van der Waals surface area (Å²) in [6.07, 6.45) is 1.85. The Bertz CT molecular complexity index is 1150. The fourth-order valence-electron chi connectivity index (χ4n) is 3.58. The molecule has 9 heteroatoms. The van der Waals surface area contributed by atoms with E-state index in [0.29, 0.717) is 41.4 Å². The molecule has 3 aromatic rings. The van der Waals surface area contributed by atoms with Crippen molar-refractivity contribution in [1.82, 2.24) is 14.5 Å². The standard InChI is InChI=1S/C21H26N8O.H2/c1-25-29-13-15(4-6-19(29)23)14-3-5-17(22)16(11-14)21(24)18-12-20(26-27(18)2)28-7-9-30-10-8-28;/h3-6,11-13,23-25H,7-10,22H2,1-2H3;1H. The summed E-state index contributed by atoms with van der Waals surface area (Å²) in [5, 5.41) is 21.3. The smallest absolute Gasteiger partial charge is 0.151 e. The SMILES string of the molecule is CNn1cc(-c2ccc(N)c(C(=N)c3cc(N4CCOCC4)nn3C)c2)ccc1=N.[HH]. The van der Waals surface area contributed by atoms with E-state index in [0.717, 1.165) is 30.0 Å². The molecule has 1 aliphatic rings. The minimum absolute atomic E-state index is 0. The van der Waals surface area contributed by atoms with Gasteiger partial charge in [0.15, 0.2) is 5.82 Å². The van der Waals surface area contributed by atoms with Crippen LogP contribution in [0.4, 0.5) is 11.5 Å². The van der Waals surface area contributed by atoms with Crippen LogP contribution in [-0.4, -0.2) is 53.5 Å². The van der Waals surface area contributed by atoms with Gasteiger partial charge in [0.2, 0.25) is 0 Å². The summed E-state index contributed by atoms with van der Waals surface area (Å²) in [7, 11) is 3.61. The first kappa shape index (κ1) is 19.7. The van der Waals surface area contributed by atoms with Gasteiger partial charge in [-0.15, -0.1) is 0 Å². The maximum Gasteiger partial charge on any atom is 0.151 e. The number of morpholine rings is 1. The van der Waals surface area contributed by atoms with Gasteiger partial charge in [-0.05, 0) is 29.8 Å². The number of aryl methyl sites for hydroxylation is 1. The van der Waals surface area contributed by atoms with Crippen LogP contribution in [-0.2, 0) is 11.8 Å². The third kappa shape index (κ3) is 3.67. The average molecular weight is 409 g/mol. The second kappa shape index (κ2) is 8.03. The Labute approximate surface area is 176 Å². The van der Waals surface area contributed by atoms with Gasteiger partial charge in [0, 0.05) is 57.7 Å². The summed E-state index contributed by atoms with van der Waals surface area (Å²) >= 11 is 0. The number of benzene rings is 1. The van der Waals surface area contributed by atoms with E-state index in [2.05, 4.69) is 15.4 Å². The third-order valence-corrected chi connectivity index (χ3v) is 5.30. The number of nitrogen functional groups attached to an aromatic ring is 1. The molecule has 30 heavy (non-hydrogen) atoms. The maximum atomic E-state index is 8.82. The molecule has 0 atom stereocenters. The van der Waals surface area contributed by atoms with E-state index >= 15 is 0 Å². The highest BCUT2D eigenvalue weighted by Crippen LogP contribution is 2.26. The van der Waals surface area contributed by atoms with Crippen molar-refractivity contribution in [3.8, 4) is 11.1 Å². The first-order chi connectivity index (χ1) is 14.5. The van der Waals surface area contributed by atoms with Crippen LogP contribution in [0, 0.1) is 10.8 Å². The quantitative estimate of drug-likeness (QED) is 0.378. The highest BCUT2D eigenvalue weighted by atomic mass is 16.5. The molecule has 0 bridgehead atoms. The van der Waals surface area contributed by atoms with Gasteiger partial charge in [0.05, 0.1) is 24.6 Å². The van der Waals surface area contributed by atoms with Crippen molar-refractivity contribution >= 4 is 17.2 Å². The normalized spacial score (nSPS) is 14.0. The Morgan fingerprint density at radius 2 is 1.90 bits per heavy atom. The molecule has 0 radical (unpaired) electrons. The number of rotatable bonds is 5. The number of anilines is 2. The monoisotopic (exact) mass is 408 g/mol. The zero-order chi connectivity index (χ0) is 21.3. The molecule has 1 saturated heterocycles. The van der Waals surface area contributed by atoms with E-state index in [9.17, 15) is 0 Å². The molecular weight excluding hydrogens is 380 g/mol. The van der Waals surface area contributed by atoms with Gasteiger partial charge in [-0.25, -0.2) is 4.68 Å². The molecule has 0 amide bonds. The van der Waals surface area contributed by atoms with Crippen molar-refractivity contribution in [2.45, 2.75) is 0 Å². The van der Waals surface area contributed by atoms with Crippen molar-refractivity contribution in [3.63, 3.8) is 0 Å². The van der Waals surface area contributed by atoms with E-state index in [1.807, 2.05) is 43.6 Å². The number of nitrogens with one attached hydrogen (secondary N) is 3. The predicted molar refractivity (Wildman–Crippen MR) is 120 cm³/mol. The second-order valence-electron chi connectivity index (χ2n) is 7.18. The van der Waals surface area contributed by atoms with Gasteiger partial charge in [-0.3, -0.25) is 15.5 Å². The lowest BCUT2D eigenvalue weighted by Gasteiger charge is -2.26. The number of aromatic nitrogens is 3. The highest BCUT2D eigenvalue weighted by Gasteiger charge is 2.19. The lowest BCUT2D eigenvalue weighted by Crippen LogP contribution is -2.36. The molecular formula is C21H28N8O. The van der Waals surface area contributed by atoms with Crippen LogP contribution in [0.3, 0.4) is 0 Å². The van der Waals surface area contributed by atoms with Gasteiger partial charge in [0.1, 0.15) is 5.49 Å². The Morgan fingerprint density at radius 1 is 1.17 bits per heavy atom. The molecule has 0 aliphatic carbocycles. The molecule has 2 aromatic heterocycles. The van der Waals surface area contributed by atoms with E-state index in [1.54, 1.807) is 22.5 Å². The fraction of sp³-hybridized carbons (Fsp3) is 0.286. The van der Waals surface area contributed by atoms with Crippen LogP contribution in [0.5, 0.6) is 0 Å². The number of hydrogen-bond donors (Lipinski definition) is 4. The van der Waals surface area contributed by atoms with E-state index in [1.165, 1.54) is 0 Å². The first-order valence-electron chi connectivity index (χ1n) is 9.79. The Morgan fingerprint density at radius 3 is 2.63 bits per heavy atom. The van der Waals surface area contributed by atoms with Crippen LogP contribution >= 0.6 is 0 Å². The highest BCUT2D eigenvalue weighted by molar-refractivity contribution is 6.13. The van der Waals surface area contributed by atoms with E-state index in [4.69, 9.17) is 21.3 Å². The largest absolute Gasteiger partial charge is 0.398 e. The van der Waals surface area contributed by atoms with Crippen LogP contribution in [0.1, 0.15) is 12.7 Å². The van der Waals surface area contributed by atoms with Crippen molar-refractivity contribution in [2.75, 3.05) is 49.4 Å². The number of nitrogens with zero attached hydrogens (tertiary/aromatic N) is 4. The molecule has 158 valence electrons. The van der Waals surface area contributed by atoms with Gasteiger partial charge >= 0.3 is 0 Å². The zero-order valence-electron chi connectivity index (χ0n) is 17.1. The molecule has 1 aliphatic heterocycles. The molecule has 0 unspecified atom stereocenters. The van der Waals surface area contributed by atoms with Gasteiger partial charge < -0.3 is 20.8 Å². The fourth-order valence-corrected chi connectivity index (χ4v) is 3.58. The van der Waals surface area contributed by atoms with Gasteiger partial charge in [0.25, 0.3) is 0 Å². The number of nitrogens with two attached hydrogens (primary N) is 1. The van der Waals surface area contributed by atoms with Crippen molar-refractivity contribution in [1.29, 1.82) is 10.8 Å². The van der Waals surface area contributed by atoms with Crippen LogP contribution in [0.25, 0.3) is 11.1 Å². The maximum absolute atomic E-state index is 8.82. The summed E-state index contributed by atoms with van der Waals surface area (Å²) in [5.74, 6) is 0.844. The molecule has 1 aromatic carbocycles. The Kier molecular flexibility index (Phi) is 5.28. The van der Waals surface area contributed by atoms with Crippen molar-refractivity contribution in [3.05, 3.63) is 59.3 Å². The minimum atomic E-state index is 0. The summed E-state index contributed by atoms with van der Waals surface area (Å²) in [6.45, 7) is 2.95. The Balaban J connectivity index is 0.00000272. The van der Waals surface area contributed by atoms with Crippen LogP contribution < -0.4 is 21.5 Å². The lowest BCUT2D eigenvalue weighted by molar-refractivity contribution is 0.122. The average Bonchev–Trinajstić information content (AvgIpc) is 3.16. The number of hydrogen-bond acceptors (Lipinski definition) is 7. The zero-order valence-corrected chi connectivity index (χ0v) is 17.1. The minimum Gasteiger partial charge on any atom is -0.398 e. The van der Waals surface area contributed by atoms with E-state index in [-0.39, 0.29) is 1.43 Å².